The molecule has 4 N–H and O–H groups in total. The van der Waals surface area contributed by atoms with Crippen molar-refractivity contribution in [3.8, 4) is 0 Å². The van der Waals surface area contributed by atoms with Crippen LogP contribution in [0.4, 0.5) is 19.3 Å². The molecule has 1 aliphatic heterocycles. The van der Waals surface area contributed by atoms with Crippen LogP contribution in [0.25, 0.3) is 0 Å². The number of halogens is 2. The zero-order valence-electron chi connectivity index (χ0n) is 12.3. The van der Waals surface area contributed by atoms with Crippen LogP contribution in [0.3, 0.4) is 0 Å². The first-order valence-electron chi connectivity index (χ1n) is 6.46. The Morgan fingerprint density at radius 2 is 2.04 bits per heavy atom. The summed E-state index contributed by atoms with van der Waals surface area (Å²) in [6, 6.07) is 3.50. The first kappa shape index (κ1) is 17.1. The van der Waals surface area contributed by atoms with Gasteiger partial charge in [0, 0.05) is 11.3 Å². The predicted molar refractivity (Wildman–Crippen MR) is 80.1 cm³/mol. The molecule has 1 aromatic carbocycles. The van der Waals surface area contributed by atoms with E-state index in [0.717, 1.165) is 6.07 Å². The molecular weight excluding hydrogens is 332 g/mol. The fourth-order valence-corrected chi connectivity index (χ4v) is 3.99. The van der Waals surface area contributed by atoms with Crippen molar-refractivity contribution >= 4 is 27.5 Å². The van der Waals surface area contributed by atoms with Crippen molar-refractivity contribution in [1.29, 1.82) is 0 Å². The van der Waals surface area contributed by atoms with Crippen molar-refractivity contribution in [2.75, 3.05) is 11.5 Å². The maximum absolute atomic E-state index is 14.5. The van der Waals surface area contributed by atoms with Crippen molar-refractivity contribution in [2.45, 2.75) is 24.4 Å². The number of nitrogens with one attached hydrogen (secondary N) is 1. The topological polar surface area (TPSA) is 122 Å². The summed E-state index contributed by atoms with van der Waals surface area (Å²) in [4.78, 5) is 14.6. The van der Waals surface area contributed by atoms with Crippen LogP contribution in [0, 0.1) is 5.82 Å². The number of hydrogen-bond donors (Lipinski definition) is 3. The molecule has 1 amide bonds. The summed E-state index contributed by atoms with van der Waals surface area (Å²) in [5, 5.41) is 7.38. The van der Waals surface area contributed by atoms with E-state index in [1.807, 2.05) is 0 Å². The lowest BCUT2D eigenvalue weighted by Gasteiger charge is -2.36. The number of benzene rings is 1. The van der Waals surface area contributed by atoms with Gasteiger partial charge in [-0.2, -0.15) is 0 Å². The van der Waals surface area contributed by atoms with Crippen molar-refractivity contribution in [3.05, 3.63) is 29.6 Å². The van der Waals surface area contributed by atoms with Crippen molar-refractivity contribution in [2.24, 2.45) is 4.99 Å². The Morgan fingerprint density at radius 1 is 1.43 bits per heavy atom. The van der Waals surface area contributed by atoms with E-state index in [2.05, 4.69) is 4.99 Å². The van der Waals surface area contributed by atoms with Crippen LogP contribution in [0.15, 0.2) is 23.2 Å². The first-order chi connectivity index (χ1) is 10.4. The number of nitrogen functional groups attached to an aromatic ring is 1. The number of carbonyl (C=O) groups is 1. The maximum Gasteiger partial charge on any atom is 0.410 e. The minimum Gasteiger partial charge on any atom is -0.465 e. The summed E-state index contributed by atoms with van der Waals surface area (Å²) in [6.07, 6.45) is -1.68. The number of carboxylic acid groups (broad SMARTS) is 1. The minimum absolute atomic E-state index is 0.163. The third-order valence-corrected chi connectivity index (χ3v) is 5.94. The summed E-state index contributed by atoms with van der Waals surface area (Å²) < 4.78 is 53.1. The van der Waals surface area contributed by atoms with E-state index in [4.69, 9.17) is 10.8 Å². The molecule has 10 heteroatoms. The van der Waals surface area contributed by atoms with Gasteiger partial charge in [-0.25, -0.2) is 22.0 Å². The quantitative estimate of drug-likeness (QED) is 0.663. The van der Waals surface area contributed by atoms with E-state index >= 15 is 0 Å². The molecule has 0 saturated heterocycles. The van der Waals surface area contributed by atoms with Crippen molar-refractivity contribution < 1.29 is 27.1 Å². The van der Waals surface area contributed by atoms with Gasteiger partial charge in [0.1, 0.15) is 11.4 Å². The first-order valence-corrected chi connectivity index (χ1v) is 8.11. The number of hydrogen-bond acceptors (Lipinski definition) is 5. The Kier molecular flexibility index (Phi) is 3.84. The van der Waals surface area contributed by atoms with Gasteiger partial charge in [0.15, 0.2) is 15.7 Å². The standard InChI is InChI=1S/C13H15F2N3O4S/c1-12(8-5-7(16)3-4-9(8)14)6-23(21,22)13(2,15)10(18-12)17-11(19)20/h3-5H,6,16H2,1-2H3,(H,17,18)(H,19,20)/t12-,13-/m0/s1. The Hall–Kier alpha value is -2.23. The Bertz CT molecular complexity index is 807. The van der Waals surface area contributed by atoms with E-state index in [0.29, 0.717) is 6.92 Å². The molecule has 0 aliphatic carbocycles. The molecule has 0 unspecified atom stereocenters. The molecule has 126 valence electrons. The van der Waals surface area contributed by atoms with E-state index in [1.165, 1.54) is 19.1 Å². The molecule has 0 fully saturated rings. The summed E-state index contributed by atoms with van der Waals surface area (Å²) in [6.45, 7) is 1.95. The highest BCUT2D eigenvalue weighted by Crippen LogP contribution is 2.39. The molecule has 2 rings (SSSR count). The lowest BCUT2D eigenvalue weighted by atomic mass is 9.93. The van der Waals surface area contributed by atoms with E-state index in [-0.39, 0.29) is 11.3 Å². The summed E-state index contributed by atoms with van der Waals surface area (Å²) >= 11 is 0. The highest BCUT2D eigenvalue weighted by atomic mass is 32.2. The average Bonchev–Trinajstić information content (AvgIpc) is 2.38. The van der Waals surface area contributed by atoms with E-state index in [1.54, 1.807) is 5.32 Å². The van der Waals surface area contributed by atoms with Gasteiger partial charge in [-0.3, -0.25) is 10.3 Å². The van der Waals surface area contributed by atoms with Gasteiger partial charge in [-0.15, -0.1) is 0 Å². The van der Waals surface area contributed by atoms with Gasteiger partial charge in [-0.05, 0) is 32.0 Å². The summed E-state index contributed by atoms with van der Waals surface area (Å²) in [7, 11) is -4.47. The smallest absolute Gasteiger partial charge is 0.410 e. The zero-order valence-corrected chi connectivity index (χ0v) is 13.1. The fourth-order valence-electron chi connectivity index (χ4n) is 2.37. The monoisotopic (exact) mass is 347 g/mol. The number of sulfone groups is 1. The molecule has 0 bridgehead atoms. The zero-order chi connectivity index (χ0) is 17.6. The number of nitrogens with zero attached hydrogens (tertiary/aromatic N) is 1. The van der Waals surface area contributed by atoms with Crippen molar-refractivity contribution in [1.82, 2.24) is 5.32 Å². The molecule has 7 nitrogen and oxygen atoms in total. The van der Waals surface area contributed by atoms with Crippen LogP contribution in [-0.2, 0) is 15.4 Å². The number of nitrogens with two attached hydrogens (primary N) is 1. The predicted octanol–water partition coefficient (Wildman–Crippen LogP) is 1.40. The molecule has 1 aromatic rings. The third-order valence-electron chi connectivity index (χ3n) is 3.63. The van der Waals surface area contributed by atoms with Crippen LogP contribution >= 0.6 is 0 Å². The molecule has 23 heavy (non-hydrogen) atoms. The molecule has 0 radical (unpaired) electrons. The lowest BCUT2D eigenvalue weighted by Crippen LogP contribution is -2.56. The highest BCUT2D eigenvalue weighted by Gasteiger charge is 2.54. The van der Waals surface area contributed by atoms with E-state index < -0.39 is 43.9 Å². The largest absolute Gasteiger partial charge is 0.465 e. The molecule has 0 aromatic heterocycles. The third kappa shape index (κ3) is 2.85. The van der Waals surface area contributed by atoms with Crippen LogP contribution in [0.5, 0.6) is 0 Å². The molecule has 1 heterocycles. The fraction of sp³-hybridized carbons (Fsp3) is 0.385. The van der Waals surface area contributed by atoms with Gasteiger partial charge in [0.05, 0.1) is 5.75 Å². The van der Waals surface area contributed by atoms with Gasteiger partial charge < -0.3 is 10.8 Å². The second kappa shape index (κ2) is 5.15. The average molecular weight is 347 g/mol. The second-order valence-electron chi connectivity index (χ2n) is 5.58. The lowest BCUT2D eigenvalue weighted by molar-refractivity contribution is 0.198. The SMILES string of the molecule is C[C@@]1(c2cc(N)ccc2F)CS(=O)(=O)[C@](C)(F)C(NC(=O)O)=N1. The number of aliphatic imine (C=N–C) groups is 1. The Morgan fingerprint density at radius 3 is 2.61 bits per heavy atom. The van der Waals surface area contributed by atoms with Gasteiger partial charge in [-0.1, -0.05) is 0 Å². The van der Waals surface area contributed by atoms with Crippen LogP contribution in [-0.4, -0.2) is 36.2 Å². The molecule has 1 aliphatic rings. The van der Waals surface area contributed by atoms with Crippen molar-refractivity contribution in [3.63, 3.8) is 0 Å². The molecule has 2 atom stereocenters. The summed E-state index contributed by atoms with van der Waals surface area (Å²) in [5.41, 5.74) is 3.86. The Labute approximate surface area is 131 Å². The maximum atomic E-state index is 14.5. The van der Waals surface area contributed by atoms with Gasteiger partial charge in [0.25, 0.3) is 5.00 Å². The minimum atomic E-state index is -4.47. The second-order valence-corrected chi connectivity index (χ2v) is 7.86. The molecule has 0 saturated carbocycles. The number of rotatable bonds is 1. The Balaban J connectivity index is 2.71. The summed E-state index contributed by atoms with van der Waals surface area (Å²) in [5.74, 6) is -2.53. The van der Waals surface area contributed by atoms with Gasteiger partial charge >= 0.3 is 6.09 Å². The normalized spacial score (nSPS) is 29.7. The molecular formula is C13H15F2N3O4S. The van der Waals surface area contributed by atoms with Crippen LogP contribution in [0.2, 0.25) is 0 Å². The van der Waals surface area contributed by atoms with Crippen LogP contribution in [0.1, 0.15) is 19.4 Å². The number of amides is 1. The number of alkyl halides is 1. The van der Waals surface area contributed by atoms with Crippen LogP contribution < -0.4 is 11.1 Å². The highest BCUT2D eigenvalue weighted by molar-refractivity contribution is 7.93. The van der Waals surface area contributed by atoms with Gasteiger partial charge in [0.2, 0.25) is 0 Å². The number of amidine groups is 1. The molecule has 0 spiro atoms. The number of anilines is 1. The van der Waals surface area contributed by atoms with E-state index in [9.17, 15) is 22.0 Å².